The Hall–Kier alpha value is -1.55. The molecule has 0 unspecified atom stereocenters. The maximum Gasteiger partial charge on any atom is 0.320 e. The summed E-state index contributed by atoms with van der Waals surface area (Å²) in [4.78, 5) is 10.8. The number of hydrogen-bond acceptors (Lipinski definition) is 3. The number of phenols is 1. The van der Waals surface area contributed by atoms with Crippen LogP contribution in [0, 0.1) is 0 Å². The van der Waals surface area contributed by atoms with Crippen molar-refractivity contribution < 1.29 is 15.0 Å². The third-order valence-corrected chi connectivity index (χ3v) is 2.97. The predicted octanol–water partition coefficient (Wildman–Crippen LogP) is 1.47. The molecule has 1 aromatic rings. The van der Waals surface area contributed by atoms with Gasteiger partial charge in [0.15, 0.2) is 0 Å². The van der Waals surface area contributed by atoms with E-state index in [9.17, 15) is 9.90 Å². The van der Waals surface area contributed by atoms with Gasteiger partial charge in [0.05, 0.1) is 0 Å². The summed E-state index contributed by atoms with van der Waals surface area (Å²) in [6.45, 7) is 3.96. The Morgan fingerprint density at radius 1 is 1.29 bits per heavy atom. The maximum absolute atomic E-state index is 10.8. The van der Waals surface area contributed by atoms with Crippen molar-refractivity contribution in [3.8, 4) is 5.75 Å². The van der Waals surface area contributed by atoms with Crippen LogP contribution in [0.15, 0.2) is 12.1 Å². The molecule has 0 aromatic heterocycles. The maximum atomic E-state index is 10.8. The van der Waals surface area contributed by atoms with Crippen molar-refractivity contribution in [1.82, 2.24) is 0 Å². The fourth-order valence-corrected chi connectivity index (χ4v) is 2.08. The molecule has 0 heterocycles. The lowest BCUT2D eigenvalue weighted by Gasteiger charge is -2.15. The molecule has 1 atom stereocenters. The SMILES string of the molecule is CCc1c(O)ccc(C[C@H](N)C(=O)O)c1CC. The molecule has 0 saturated heterocycles. The van der Waals surface area contributed by atoms with E-state index < -0.39 is 12.0 Å². The van der Waals surface area contributed by atoms with E-state index in [1.165, 1.54) is 0 Å². The van der Waals surface area contributed by atoms with Gasteiger partial charge in [-0.15, -0.1) is 0 Å². The topological polar surface area (TPSA) is 83.5 Å². The molecule has 4 nitrogen and oxygen atoms in total. The van der Waals surface area contributed by atoms with Gasteiger partial charge in [-0.25, -0.2) is 0 Å². The molecule has 0 saturated carbocycles. The van der Waals surface area contributed by atoms with Crippen LogP contribution in [0.3, 0.4) is 0 Å². The third-order valence-electron chi connectivity index (χ3n) is 2.97. The first-order valence-corrected chi connectivity index (χ1v) is 5.82. The van der Waals surface area contributed by atoms with Crippen LogP contribution in [0.4, 0.5) is 0 Å². The van der Waals surface area contributed by atoms with Crippen LogP contribution in [0.1, 0.15) is 30.5 Å². The first-order valence-electron chi connectivity index (χ1n) is 5.82. The molecule has 0 amide bonds. The average molecular weight is 237 g/mol. The van der Waals surface area contributed by atoms with Gasteiger partial charge in [0, 0.05) is 0 Å². The Morgan fingerprint density at radius 2 is 1.88 bits per heavy atom. The van der Waals surface area contributed by atoms with Crippen molar-refractivity contribution in [2.24, 2.45) is 5.73 Å². The van der Waals surface area contributed by atoms with Crippen LogP contribution in [0.2, 0.25) is 0 Å². The first-order chi connectivity index (χ1) is 8.01. The van der Waals surface area contributed by atoms with Gasteiger partial charge >= 0.3 is 5.97 Å². The van der Waals surface area contributed by atoms with Crippen LogP contribution in [0.5, 0.6) is 5.75 Å². The highest BCUT2D eigenvalue weighted by Gasteiger charge is 2.16. The van der Waals surface area contributed by atoms with Crippen LogP contribution in [-0.4, -0.2) is 22.2 Å². The molecule has 0 bridgehead atoms. The average Bonchev–Trinajstić information content (AvgIpc) is 2.30. The Labute approximate surface area is 101 Å². The molecule has 0 aliphatic rings. The van der Waals surface area contributed by atoms with Crippen LogP contribution >= 0.6 is 0 Å². The smallest absolute Gasteiger partial charge is 0.320 e. The van der Waals surface area contributed by atoms with Gasteiger partial charge in [-0.1, -0.05) is 19.9 Å². The van der Waals surface area contributed by atoms with Crippen molar-refractivity contribution in [2.75, 3.05) is 0 Å². The van der Waals surface area contributed by atoms with Crippen LogP contribution in [-0.2, 0) is 24.1 Å². The van der Waals surface area contributed by atoms with E-state index in [4.69, 9.17) is 10.8 Å². The fraction of sp³-hybridized carbons (Fsp3) is 0.462. The zero-order valence-corrected chi connectivity index (χ0v) is 10.2. The molecule has 0 aliphatic carbocycles. The summed E-state index contributed by atoms with van der Waals surface area (Å²) in [5, 5.41) is 18.6. The van der Waals surface area contributed by atoms with Gasteiger partial charge in [-0.2, -0.15) is 0 Å². The molecular formula is C13H19NO3. The van der Waals surface area contributed by atoms with E-state index >= 15 is 0 Å². The quantitative estimate of drug-likeness (QED) is 0.724. The molecule has 4 heteroatoms. The number of hydrogen-bond donors (Lipinski definition) is 3. The standard InChI is InChI=1S/C13H19NO3/c1-3-9-8(7-11(14)13(16)17)5-6-12(15)10(9)4-2/h5-6,11,15H,3-4,7,14H2,1-2H3,(H,16,17)/t11-/m0/s1. The normalized spacial score (nSPS) is 12.4. The molecule has 1 aromatic carbocycles. The Morgan fingerprint density at radius 3 is 2.35 bits per heavy atom. The second kappa shape index (κ2) is 5.68. The van der Waals surface area contributed by atoms with Crippen molar-refractivity contribution in [3.05, 3.63) is 28.8 Å². The number of aromatic hydroxyl groups is 1. The number of nitrogens with two attached hydrogens (primary N) is 1. The molecule has 0 aliphatic heterocycles. The van der Waals surface area contributed by atoms with Crippen molar-refractivity contribution in [2.45, 2.75) is 39.2 Å². The summed E-state index contributed by atoms with van der Waals surface area (Å²) < 4.78 is 0. The Balaban J connectivity index is 3.12. The molecular weight excluding hydrogens is 218 g/mol. The van der Waals surface area contributed by atoms with Crippen LogP contribution < -0.4 is 5.73 Å². The Kier molecular flexibility index (Phi) is 4.52. The highest BCUT2D eigenvalue weighted by Crippen LogP contribution is 2.26. The van der Waals surface area contributed by atoms with Crippen molar-refractivity contribution >= 4 is 5.97 Å². The molecule has 4 N–H and O–H groups in total. The summed E-state index contributed by atoms with van der Waals surface area (Å²) in [6, 6.07) is 2.48. The van der Waals surface area contributed by atoms with Gasteiger partial charge in [0.1, 0.15) is 11.8 Å². The minimum Gasteiger partial charge on any atom is -0.508 e. The fourth-order valence-electron chi connectivity index (χ4n) is 2.08. The van der Waals surface area contributed by atoms with E-state index in [1.807, 2.05) is 13.8 Å². The van der Waals surface area contributed by atoms with Gasteiger partial charge in [0.2, 0.25) is 0 Å². The molecule has 17 heavy (non-hydrogen) atoms. The van der Waals surface area contributed by atoms with E-state index in [-0.39, 0.29) is 5.75 Å². The molecule has 0 fully saturated rings. The number of phenolic OH excluding ortho intramolecular Hbond substituents is 1. The molecule has 0 radical (unpaired) electrons. The number of carbonyl (C=O) groups is 1. The summed E-state index contributed by atoms with van der Waals surface area (Å²) in [7, 11) is 0. The summed E-state index contributed by atoms with van der Waals surface area (Å²) in [6.07, 6.45) is 1.79. The summed E-state index contributed by atoms with van der Waals surface area (Å²) in [5.41, 5.74) is 8.36. The third kappa shape index (κ3) is 2.97. The van der Waals surface area contributed by atoms with Gasteiger partial charge in [0.25, 0.3) is 0 Å². The van der Waals surface area contributed by atoms with E-state index in [0.29, 0.717) is 6.42 Å². The highest BCUT2D eigenvalue weighted by atomic mass is 16.4. The van der Waals surface area contributed by atoms with Gasteiger partial charge in [-0.05, 0) is 42.0 Å². The molecule has 1 rings (SSSR count). The zero-order chi connectivity index (χ0) is 13.0. The Bertz CT molecular complexity index is 415. The number of rotatable bonds is 5. The van der Waals surface area contributed by atoms with E-state index in [0.717, 1.165) is 29.5 Å². The molecule has 94 valence electrons. The van der Waals surface area contributed by atoms with Gasteiger partial charge < -0.3 is 15.9 Å². The number of carboxylic acids is 1. The summed E-state index contributed by atoms with van der Waals surface area (Å²) >= 11 is 0. The van der Waals surface area contributed by atoms with E-state index in [1.54, 1.807) is 12.1 Å². The zero-order valence-electron chi connectivity index (χ0n) is 10.2. The molecule has 0 spiro atoms. The second-order valence-corrected chi connectivity index (χ2v) is 4.06. The van der Waals surface area contributed by atoms with E-state index in [2.05, 4.69) is 0 Å². The lowest BCUT2D eigenvalue weighted by molar-refractivity contribution is -0.138. The minimum atomic E-state index is -1.00. The lowest BCUT2D eigenvalue weighted by Crippen LogP contribution is -2.32. The first kappa shape index (κ1) is 13.5. The van der Waals surface area contributed by atoms with Crippen LogP contribution in [0.25, 0.3) is 0 Å². The van der Waals surface area contributed by atoms with Crippen molar-refractivity contribution in [3.63, 3.8) is 0 Å². The second-order valence-electron chi connectivity index (χ2n) is 4.06. The lowest BCUT2D eigenvalue weighted by atomic mass is 9.92. The predicted molar refractivity (Wildman–Crippen MR) is 66.2 cm³/mol. The summed E-state index contributed by atoms with van der Waals surface area (Å²) in [5.74, 6) is -0.727. The van der Waals surface area contributed by atoms with Crippen molar-refractivity contribution in [1.29, 1.82) is 0 Å². The highest BCUT2D eigenvalue weighted by molar-refractivity contribution is 5.73. The number of carboxylic acid groups (broad SMARTS) is 1. The van der Waals surface area contributed by atoms with Gasteiger partial charge in [-0.3, -0.25) is 4.79 Å². The monoisotopic (exact) mass is 237 g/mol. The minimum absolute atomic E-state index is 0.275. The number of benzene rings is 1. The number of aliphatic carboxylic acids is 1. The largest absolute Gasteiger partial charge is 0.508 e.